The van der Waals surface area contributed by atoms with Crippen molar-refractivity contribution in [2.45, 2.75) is 57.0 Å². The number of sulfone groups is 1. The van der Waals surface area contributed by atoms with Gasteiger partial charge in [0.05, 0.1) is 16.3 Å². The SMILES string of the molecule is CC(C)(C)n1ccnc1SCC(=O)NCCS(=O)(=O)C(C)(C)C. The van der Waals surface area contributed by atoms with E-state index in [0.717, 1.165) is 5.16 Å². The molecule has 1 amide bonds. The lowest BCUT2D eigenvalue weighted by atomic mass is 10.1. The van der Waals surface area contributed by atoms with Gasteiger partial charge in [0.25, 0.3) is 0 Å². The molecule has 132 valence electrons. The molecule has 8 heteroatoms. The minimum atomic E-state index is -3.22. The molecule has 0 bridgehead atoms. The molecule has 0 atom stereocenters. The Morgan fingerprint density at radius 1 is 1.26 bits per heavy atom. The van der Waals surface area contributed by atoms with Gasteiger partial charge in [-0.25, -0.2) is 13.4 Å². The minimum absolute atomic E-state index is 0.0521. The normalized spacial score (nSPS) is 13.1. The van der Waals surface area contributed by atoms with E-state index in [4.69, 9.17) is 0 Å². The number of hydrogen-bond donors (Lipinski definition) is 1. The fourth-order valence-electron chi connectivity index (χ4n) is 1.72. The van der Waals surface area contributed by atoms with Crippen molar-refractivity contribution in [3.8, 4) is 0 Å². The molecule has 0 radical (unpaired) electrons. The third-order valence-electron chi connectivity index (χ3n) is 3.29. The first-order valence-electron chi connectivity index (χ1n) is 7.50. The third kappa shape index (κ3) is 5.84. The van der Waals surface area contributed by atoms with Crippen LogP contribution in [0, 0.1) is 0 Å². The van der Waals surface area contributed by atoms with Crippen LogP contribution in [-0.2, 0) is 20.2 Å². The molecule has 0 fully saturated rings. The molecule has 6 nitrogen and oxygen atoms in total. The molecule has 0 aliphatic carbocycles. The van der Waals surface area contributed by atoms with Crippen LogP contribution in [0.2, 0.25) is 0 Å². The summed E-state index contributed by atoms with van der Waals surface area (Å²) in [5.41, 5.74) is -0.101. The second kappa shape index (κ2) is 7.25. The van der Waals surface area contributed by atoms with Crippen molar-refractivity contribution in [1.29, 1.82) is 0 Å². The van der Waals surface area contributed by atoms with E-state index >= 15 is 0 Å². The second-order valence-electron chi connectivity index (χ2n) is 7.32. The lowest BCUT2D eigenvalue weighted by Crippen LogP contribution is -2.37. The summed E-state index contributed by atoms with van der Waals surface area (Å²) in [6.07, 6.45) is 3.59. The zero-order chi connectivity index (χ0) is 17.9. The van der Waals surface area contributed by atoms with Crippen molar-refractivity contribution in [2.75, 3.05) is 18.1 Å². The van der Waals surface area contributed by atoms with Crippen LogP contribution in [0.4, 0.5) is 0 Å². The average molecular weight is 362 g/mol. The lowest BCUT2D eigenvalue weighted by molar-refractivity contribution is -0.118. The highest BCUT2D eigenvalue weighted by molar-refractivity contribution is 7.99. The van der Waals surface area contributed by atoms with E-state index in [1.807, 2.05) is 10.8 Å². The Labute approximate surface area is 143 Å². The topological polar surface area (TPSA) is 81.1 Å². The van der Waals surface area contributed by atoms with Crippen LogP contribution in [0.3, 0.4) is 0 Å². The summed E-state index contributed by atoms with van der Waals surface area (Å²) in [7, 11) is -3.22. The van der Waals surface area contributed by atoms with Gasteiger partial charge in [0, 0.05) is 24.5 Å². The van der Waals surface area contributed by atoms with E-state index < -0.39 is 14.6 Å². The molecular formula is C15H27N3O3S2. The van der Waals surface area contributed by atoms with E-state index in [2.05, 4.69) is 31.1 Å². The highest BCUT2D eigenvalue weighted by Crippen LogP contribution is 2.23. The van der Waals surface area contributed by atoms with Crippen LogP contribution in [-0.4, -0.2) is 46.7 Å². The largest absolute Gasteiger partial charge is 0.354 e. The number of carbonyl (C=O) groups is 1. The minimum Gasteiger partial charge on any atom is -0.354 e. The highest BCUT2D eigenvalue weighted by Gasteiger charge is 2.28. The van der Waals surface area contributed by atoms with Crippen molar-refractivity contribution in [3.05, 3.63) is 12.4 Å². The van der Waals surface area contributed by atoms with Crippen molar-refractivity contribution in [2.24, 2.45) is 0 Å². The number of rotatable bonds is 6. The quantitative estimate of drug-likeness (QED) is 0.785. The monoisotopic (exact) mass is 361 g/mol. The van der Waals surface area contributed by atoms with Crippen LogP contribution in [0.5, 0.6) is 0 Å². The summed E-state index contributed by atoms with van der Waals surface area (Å²) in [6.45, 7) is 11.3. The third-order valence-corrected chi connectivity index (χ3v) is 6.86. The standard InChI is InChI=1S/C15H27N3O3S2/c1-14(2,3)18-9-7-17-13(18)22-11-12(19)16-8-10-23(20,21)15(4,5)6/h7,9H,8,10-11H2,1-6H3,(H,16,19). The Hall–Kier alpha value is -1.02. The first-order valence-corrected chi connectivity index (χ1v) is 10.1. The summed E-state index contributed by atoms with van der Waals surface area (Å²) < 4.78 is 25.1. The molecule has 1 rings (SSSR count). The fourth-order valence-corrected chi connectivity index (χ4v) is 3.67. The number of hydrogen-bond acceptors (Lipinski definition) is 5. The molecule has 0 aromatic carbocycles. The molecule has 0 saturated heterocycles. The number of imidazole rings is 1. The van der Waals surface area contributed by atoms with Crippen molar-refractivity contribution in [3.63, 3.8) is 0 Å². The molecule has 0 aliphatic heterocycles. The summed E-state index contributed by atoms with van der Waals surface area (Å²) in [6, 6.07) is 0. The van der Waals surface area contributed by atoms with Gasteiger partial charge in [-0.2, -0.15) is 0 Å². The Morgan fingerprint density at radius 2 is 1.87 bits per heavy atom. The summed E-state index contributed by atoms with van der Waals surface area (Å²) in [5.74, 6) is -0.0332. The van der Waals surface area contributed by atoms with Gasteiger partial charge >= 0.3 is 0 Å². The zero-order valence-corrected chi connectivity index (χ0v) is 16.3. The van der Waals surface area contributed by atoms with Crippen molar-refractivity contribution in [1.82, 2.24) is 14.9 Å². The number of thioether (sulfide) groups is 1. The number of amides is 1. The lowest BCUT2D eigenvalue weighted by Gasteiger charge is -2.22. The molecule has 0 aliphatic rings. The van der Waals surface area contributed by atoms with E-state index in [1.54, 1.807) is 27.0 Å². The number of nitrogens with one attached hydrogen (secondary N) is 1. The Balaban J connectivity index is 2.47. The maximum Gasteiger partial charge on any atom is 0.230 e. The molecule has 0 unspecified atom stereocenters. The Kier molecular flexibility index (Phi) is 6.32. The zero-order valence-electron chi connectivity index (χ0n) is 14.7. The predicted octanol–water partition coefficient (Wildman–Crippen LogP) is 2.06. The van der Waals surface area contributed by atoms with Crippen LogP contribution in [0.15, 0.2) is 17.6 Å². The molecule has 23 heavy (non-hydrogen) atoms. The smallest absolute Gasteiger partial charge is 0.230 e. The van der Waals surface area contributed by atoms with Gasteiger partial charge in [-0.15, -0.1) is 0 Å². The van der Waals surface area contributed by atoms with E-state index in [1.165, 1.54) is 11.8 Å². The molecular weight excluding hydrogens is 334 g/mol. The molecule has 1 aromatic rings. The number of carbonyl (C=O) groups excluding carboxylic acids is 1. The van der Waals surface area contributed by atoms with Crippen molar-refractivity contribution < 1.29 is 13.2 Å². The summed E-state index contributed by atoms with van der Waals surface area (Å²) in [4.78, 5) is 16.1. The molecule has 1 N–H and O–H groups in total. The maximum atomic E-state index is 12.0. The van der Waals surface area contributed by atoms with Crippen LogP contribution in [0.1, 0.15) is 41.5 Å². The predicted molar refractivity (Wildman–Crippen MR) is 94.5 cm³/mol. The Morgan fingerprint density at radius 3 is 2.39 bits per heavy atom. The first kappa shape index (κ1) is 20.0. The van der Waals surface area contributed by atoms with Gasteiger partial charge in [-0.05, 0) is 41.5 Å². The van der Waals surface area contributed by atoms with Crippen LogP contribution in [0.25, 0.3) is 0 Å². The molecule has 0 spiro atoms. The maximum absolute atomic E-state index is 12.0. The van der Waals surface area contributed by atoms with Gasteiger partial charge in [0.15, 0.2) is 15.0 Å². The van der Waals surface area contributed by atoms with Gasteiger partial charge in [0.1, 0.15) is 0 Å². The van der Waals surface area contributed by atoms with Crippen molar-refractivity contribution >= 4 is 27.5 Å². The van der Waals surface area contributed by atoms with Crippen LogP contribution < -0.4 is 5.32 Å². The second-order valence-corrected chi connectivity index (χ2v) is 11.1. The number of nitrogens with zero attached hydrogens (tertiary/aromatic N) is 2. The van der Waals surface area contributed by atoms with E-state index in [0.29, 0.717) is 0 Å². The van der Waals surface area contributed by atoms with Gasteiger partial charge in [-0.3, -0.25) is 4.79 Å². The van der Waals surface area contributed by atoms with E-state index in [9.17, 15) is 13.2 Å². The summed E-state index contributed by atoms with van der Waals surface area (Å²) in [5, 5.41) is 3.43. The highest BCUT2D eigenvalue weighted by atomic mass is 32.2. The molecule has 0 saturated carbocycles. The molecule has 1 aromatic heterocycles. The Bertz CT molecular complexity index is 638. The molecule has 1 heterocycles. The number of aromatic nitrogens is 2. The van der Waals surface area contributed by atoms with Gasteiger partial charge in [-0.1, -0.05) is 11.8 Å². The summed E-state index contributed by atoms with van der Waals surface area (Å²) >= 11 is 1.34. The van der Waals surface area contributed by atoms with Crippen LogP contribution >= 0.6 is 11.8 Å². The van der Waals surface area contributed by atoms with Gasteiger partial charge in [0.2, 0.25) is 5.91 Å². The van der Waals surface area contributed by atoms with Gasteiger partial charge < -0.3 is 9.88 Å². The first-order chi connectivity index (χ1) is 10.3. The fraction of sp³-hybridized carbons (Fsp3) is 0.733. The average Bonchev–Trinajstić information content (AvgIpc) is 2.82. The van der Waals surface area contributed by atoms with E-state index in [-0.39, 0.29) is 29.5 Å².